The summed E-state index contributed by atoms with van der Waals surface area (Å²) in [5.41, 5.74) is 1.62. The molecule has 0 unspecified atom stereocenters. The average molecular weight is 421 g/mol. The van der Waals surface area contributed by atoms with Gasteiger partial charge in [0.1, 0.15) is 11.6 Å². The van der Waals surface area contributed by atoms with Gasteiger partial charge in [-0.05, 0) is 59.7 Å². The number of aryl methyl sites for hydroxylation is 1. The van der Waals surface area contributed by atoms with Gasteiger partial charge in [-0.15, -0.1) is 0 Å². The number of halogens is 1. The van der Waals surface area contributed by atoms with Crippen LogP contribution in [-0.4, -0.2) is 48.9 Å². The second kappa shape index (κ2) is 9.30. The lowest BCUT2D eigenvalue weighted by Crippen LogP contribution is -2.36. The van der Waals surface area contributed by atoms with Gasteiger partial charge in [-0.25, -0.2) is 4.98 Å². The number of nitrogens with zero attached hydrogens (tertiary/aromatic N) is 2. The maximum absolute atomic E-state index is 12.2. The van der Waals surface area contributed by atoms with Crippen molar-refractivity contribution in [3.8, 4) is 5.75 Å². The molecule has 0 aliphatic heterocycles. The van der Waals surface area contributed by atoms with E-state index in [1.165, 1.54) is 0 Å². The van der Waals surface area contributed by atoms with Crippen molar-refractivity contribution in [1.82, 2.24) is 9.88 Å². The molecule has 0 atom stereocenters. The van der Waals surface area contributed by atoms with Crippen molar-refractivity contribution in [2.75, 3.05) is 37.9 Å². The molecule has 0 aliphatic rings. The van der Waals surface area contributed by atoms with Crippen LogP contribution in [0.1, 0.15) is 5.56 Å². The number of pyridine rings is 1. The molecule has 26 heavy (non-hydrogen) atoms. The summed E-state index contributed by atoms with van der Waals surface area (Å²) in [6.07, 6.45) is 1.60. The molecule has 0 bridgehead atoms. The van der Waals surface area contributed by atoms with Gasteiger partial charge in [0.15, 0.2) is 0 Å². The number of methoxy groups -OCH3 is 1. The van der Waals surface area contributed by atoms with Crippen LogP contribution in [0.4, 0.5) is 11.5 Å². The van der Waals surface area contributed by atoms with Crippen LogP contribution in [0, 0.1) is 6.92 Å². The van der Waals surface area contributed by atoms with Gasteiger partial charge in [-0.2, -0.15) is 0 Å². The summed E-state index contributed by atoms with van der Waals surface area (Å²) < 4.78 is 6.07. The normalized spacial score (nSPS) is 10.5. The summed E-state index contributed by atoms with van der Waals surface area (Å²) in [6, 6.07) is 9.02. The SMILES string of the molecule is COc1ccc(C)cc1NC(=O)CN(C)CC(=O)Nc1ccc(Br)cn1. The summed E-state index contributed by atoms with van der Waals surface area (Å²) >= 11 is 3.28. The first-order valence-corrected chi connectivity index (χ1v) is 8.71. The van der Waals surface area contributed by atoms with Gasteiger partial charge in [-0.1, -0.05) is 6.07 Å². The van der Waals surface area contributed by atoms with E-state index in [1.807, 2.05) is 19.1 Å². The Labute approximate surface area is 160 Å². The zero-order valence-electron chi connectivity index (χ0n) is 14.9. The highest BCUT2D eigenvalue weighted by Crippen LogP contribution is 2.25. The van der Waals surface area contributed by atoms with Crippen LogP contribution < -0.4 is 15.4 Å². The van der Waals surface area contributed by atoms with Crippen molar-refractivity contribution < 1.29 is 14.3 Å². The molecule has 0 saturated heterocycles. The molecule has 2 rings (SSSR count). The van der Waals surface area contributed by atoms with Gasteiger partial charge in [-0.3, -0.25) is 14.5 Å². The van der Waals surface area contributed by atoms with Gasteiger partial charge in [0.2, 0.25) is 11.8 Å². The number of carbonyl (C=O) groups excluding carboxylic acids is 2. The molecule has 0 aliphatic carbocycles. The predicted octanol–water partition coefficient (Wildman–Crippen LogP) is 2.67. The number of hydrogen-bond donors (Lipinski definition) is 2. The van der Waals surface area contributed by atoms with Crippen LogP contribution in [0.15, 0.2) is 41.0 Å². The fourth-order valence-corrected chi connectivity index (χ4v) is 2.52. The third-order valence-electron chi connectivity index (χ3n) is 3.45. The molecule has 1 aromatic carbocycles. The number of likely N-dealkylation sites (N-methyl/N-ethyl adjacent to an activating group) is 1. The molecule has 7 nitrogen and oxygen atoms in total. The number of rotatable bonds is 7. The van der Waals surface area contributed by atoms with E-state index < -0.39 is 0 Å². The molecule has 2 aromatic rings. The first kappa shape index (κ1) is 19.9. The minimum Gasteiger partial charge on any atom is -0.495 e. The Bertz CT molecular complexity index is 781. The molecule has 2 N–H and O–H groups in total. The van der Waals surface area contributed by atoms with Gasteiger partial charge < -0.3 is 15.4 Å². The highest BCUT2D eigenvalue weighted by atomic mass is 79.9. The van der Waals surface area contributed by atoms with Gasteiger partial charge in [0.05, 0.1) is 25.9 Å². The molecular weight excluding hydrogens is 400 g/mol. The fraction of sp³-hybridized carbons (Fsp3) is 0.278. The summed E-state index contributed by atoms with van der Waals surface area (Å²) in [4.78, 5) is 30.0. The standard InChI is InChI=1S/C18H21BrN4O3/c1-12-4-6-15(26-3)14(8-12)21-17(24)10-23(2)11-18(25)22-16-7-5-13(19)9-20-16/h4-9H,10-11H2,1-3H3,(H,21,24)(H,20,22,25). The van der Waals surface area contributed by atoms with Crippen molar-refractivity contribution in [1.29, 1.82) is 0 Å². The first-order chi connectivity index (χ1) is 12.4. The fourth-order valence-electron chi connectivity index (χ4n) is 2.29. The lowest BCUT2D eigenvalue weighted by Gasteiger charge is -2.17. The Morgan fingerprint density at radius 2 is 1.85 bits per heavy atom. The number of ether oxygens (including phenoxy) is 1. The smallest absolute Gasteiger partial charge is 0.239 e. The van der Waals surface area contributed by atoms with Gasteiger partial charge in [0.25, 0.3) is 0 Å². The Morgan fingerprint density at radius 1 is 1.15 bits per heavy atom. The van der Waals surface area contributed by atoms with E-state index >= 15 is 0 Å². The van der Waals surface area contributed by atoms with E-state index in [0.29, 0.717) is 17.3 Å². The molecule has 8 heteroatoms. The number of anilines is 2. The highest BCUT2D eigenvalue weighted by Gasteiger charge is 2.13. The van der Waals surface area contributed by atoms with Crippen molar-refractivity contribution in [3.63, 3.8) is 0 Å². The third kappa shape index (κ3) is 6.12. The average Bonchev–Trinajstić information content (AvgIpc) is 2.56. The van der Waals surface area contributed by atoms with Crippen LogP contribution in [0.25, 0.3) is 0 Å². The van der Waals surface area contributed by atoms with Crippen molar-refractivity contribution >= 4 is 39.2 Å². The topological polar surface area (TPSA) is 83.6 Å². The second-order valence-electron chi connectivity index (χ2n) is 5.83. The first-order valence-electron chi connectivity index (χ1n) is 7.92. The van der Waals surface area contributed by atoms with Crippen LogP contribution in [0.3, 0.4) is 0 Å². The Balaban J connectivity index is 1.86. The van der Waals surface area contributed by atoms with E-state index in [0.717, 1.165) is 10.0 Å². The van der Waals surface area contributed by atoms with Gasteiger partial charge >= 0.3 is 0 Å². The van der Waals surface area contributed by atoms with Gasteiger partial charge in [0, 0.05) is 10.7 Å². The van der Waals surface area contributed by atoms with Crippen LogP contribution >= 0.6 is 15.9 Å². The molecule has 0 saturated carbocycles. The van der Waals surface area contributed by atoms with E-state index in [4.69, 9.17) is 4.74 Å². The maximum Gasteiger partial charge on any atom is 0.239 e. The number of nitrogens with one attached hydrogen (secondary N) is 2. The Morgan fingerprint density at radius 3 is 2.46 bits per heavy atom. The summed E-state index contributed by atoms with van der Waals surface area (Å²) in [5, 5.41) is 5.49. The summed E-state index contributed by atoms with van der Waals surface area (Å²) in [7, 11) is 3.24. The minimum absolute atomic E-state index is 0.0656. The molecular formula is C18H21BrN4O3. The number of aromatic nitrogens is 1. The molecule has 1 heterocycles. The molecule has 0 fully saturated rings. The Kier molecular flexibility index (Phi) is 7.11. The monoisotopic (exact) mass is 420 g/mol. The summed E-state index contributed by atoms with van der Waals surface area (Å²) in [6.45, 7) is 2.07. The zero-order valence-corrected chi connectivity index (χ0v) is 16.5. The maximum atomic E-state index is 12.2. The molecule has 1 aromatic heterocycles. The quantitative estimate of drug-likeness (QED) is 0.719. The molecule has 2 amide bonds. The van der Waals surface area contributed by atoms with E-state index in [2.05, 4.69) is 31.5 Å². The molecule has 138 valence electrons. The summed E-state index contributed by atoms with van der Waals surface area (Å²) in [5.74, 6) is 0.570. The van der Waals surface area contributed by atoms with E-state index in [9.17, 15) is 9.59 Å². The van der Waals surface area contributed by atoms with Crippen molar-refractivity contribution in [2.24, 2.45) is 0 Å². The van der Waals surface area contributed by atoms with E-state index in [-0.39, 0.29) is 24.9 Å². The van der Waals surface area contributed by atoms with Crippen LogP contribution in [-0.2, 0) is 9.59 Å². The van der Waals surface area contributed by atoms with Crippen LogP contribution in [0.2, 0.25) is 0 Å². The Hall–Kier alpha value is -2.45. The lowest BCUT2D eigenvalue weighted by molar-refractivity contribution is -0.119. The minimum atomic E-state index is -0.247. The predicted molar refractivity (Wildman–Crippen MR) is 104 cm³/mol. The van der Waals surface area contributed by atoms with Crippen molar-refractivity contribution in [3.05, 3.63) is 46.6 Å². The number of amides is 2. The third-order valence-corrected chi connectivity index (χ3v) is 3.92. The zero-order chi connectivity index (χ0) is 19.1. The van der Waals surface area contributed by atoms with Crippen LogP contribution in [0.5, 0.6) is 5.75 Å². The number of hydrogen-bond acceptors (Lipinski definition) is 5. The highest BCUT2D eigenvalue weighted by molar-refractivity contribution is 9.10. The second-order valence-corrected chi connectivity index (χ2v) is 6.75. The molecule has 0 radical (unpaired) electrons. The lowest BCUT2D eigenvalue weighted by atomic mass is 10.2. The van der Waals surface area contributed by atoms with E-state index in [1.54, 1.807) is 43.5 Å². The number of benzene rings is 1. The largest absolute Gasteiger partial charge is 0.495 e. The van der Waals surface area contributed by atoms with Crippen molar-refractivity contribution in [2.45, 2.75) is 6.92 Å². The number of carbonyl (C=O) groups is 2. The molecule has 0 spiro atoms.